The van der Waals surface area contributed by atoms with Gasteiger partial charge in [-0.1, -0.05) is 102 Å². The van der Waals surface area contributed by atoms with Gasteiger partial charge in [0.25, 0.3) is 0 Å². The van der Waals surface area contributed by atoms with Crippen LogP contribution in [0.2, 0.25) is 0 Å². The third kappa shape index (κ3) is 4.60. The van der Waals surface area contributed by atoms with Crippen molar-refractivity contribution in [2.75, 3.05) is 5.32 Å². The Morgan fingerprint density at radius 1 is 0.684 bits per heavy atom. The molecule has 6 aromatic rings. The minimum atomic E-state index is 0.501. The third-order valence-corrected chi connectivity index (χ3v) is 6.76. The van der Waals surface area contributed by atoms with Gasteiger partial charge in [0.05, 0.1) is 12.2 Å². The van der Waals surface area contributed by atoms with Crippen LogP contribution < -0.4 is 5.32 Å². The van der Waals surface area contributed by atoms with E-state index in [1.54, 1.807) is 0 Å². The van der Waals surface area contributed by atoms with Crippen molar-refractivity contribution in [3.8, 4) is 44.8 Å². The van der Waals surface area contributed by atoms with Gasteiger partial charge in [0, 0.05) is 29.1 Å². The van der Waals surface area contributed by atoms with Gasteiger partial charge in [0.2, 0.25) is 0 Å². The standard InChI is InChI=1S/C32H28N6/c1-2-38-30(21-29(23-12-5-3-6-13-23)32(38)24-14-7-4-8-15-24)28-19-10-9-18-27(28)25-16-11-17-26(20-25)33-22-31-34-36-37-35-31/h3-21,33H,2,22H2,1H3,(H,34,35,36,37). The summed E-state index contributed by atoms with van der Waals surface area (Å²) in [6.07, 6.45) is 0. The Bertz CT molecular complexity index is 1640. The Kier molecular flexibility index (Phi) is 6.51. The lowest BCUT2D eigenvalue weighted by Gasteiger charge is -2.16. The minimum Gasteiger partial charge on any atom is -0.378 e. The summed E-state index contributed by atoms with van der Waals surface area (Å²) < 4.78 is 2.44. The highest BCUT2D eigenvalue weighted by molar-refractivity contribution is 5.91. The van der Waals surface area contributed by atoms with Gasteiger partial charge in [0.15, 0.2) is 5.82 Å². The average molecular weight is 497 g/mol. The molecule has 2 heterocycles. The van der Waals surface area contributed by atoms with Crippen LogP contribution in [0.1, 0.15) is 12.7 Å². The van der Waals surface area contributed by atoms with E-state index in [0.29, 0.717) is 12.4 Å². The zero-order chi connectivity index (χ0) is 25.7. The van der Waals surface area contributed by atoms with E-state index in [4.69, 9.17) is 0 Å². The van der Waals surface area contributed by atoms with E-state index >= 15 is 0 Å². The second-order valence-electron chi connectivity index (χ2n) is 9.08. The van der Waals surface area contributed by atoms with E-state index < -0.39 is 0 Å². The van der Waals surface area contributed by atoms with Crippen LogP contribution in [0.25, 0.3) is 44.8 Å². The van der Waals surface area contributed by atoms with Crippen LogP contribution in [0.15, 0.2) is 115 Å². The maximum absolute atomic E-state index is 4.03. The molecule has 0 aliphatic heterocycles. The van der Waals surface area contributed by atoms with Crippen LogP contribution in [0, 0.1) is 0 Å². The first kappa shape index (κ1) is 23.4. The van der Waals surface area contributed by atoms with Crippen molar-refractivity contribution in [3.05, 3.63) is 121 Å². The number of nitrogens with zero attached hydrogens (tertiary/aromatic N) is 4. The van der Waals surface area contributed by atoms with Crippen LogP contribution in [0.4, 0.5) is 5.69 Å². The second kappa shape index (κ2) is 10.6. The molecule has 186 valence electrons. The molecule has 0 fully saturated rings. The quantitative estimate of drug-likeness (QED) is 0.232. The van der Waals surface area contributed by atoms with Gasteiger partial charge in [-0.15, -0.1) is 10.2 Å². The van der Waals surface area contributed by atoms with Crippen molar-refractivity contribution >= 4 is 5.69 Å². The van der Waals surface area contributed by atoms with E-state index in [-0.39, 0.29) is 0 Å². The fraction of sp³-hybridized carbons (Fsp3) is 0.0938. The molecule has 0 atom stereocenters. The first-order valence-corrected chi connectivity index (χ1v) is 12.8. The van der Waals surface area contributed by atoms with Gasteiger partial charge in [-0.25, -0.2) is 0 Å². The van der Waals surface area contributed by atoms with Crippen molar-refractivity contribution < 1.29 is 0 Å². The number of rotatable bonds is 8. The molecular weight excluding hydrogens is 468 g/mol. The lowest BCUT2D eigenvalue weighted by molar-refractivity contribution is 0.785. The Balaban J connectivity index is 1.48. The molecule has 4 aromatic carbocycles. The first-order chi connectivity index (χ1) is 18.8. The Labute approximate surface area is 222 Å². The molecule has 38 heavy (non-hydrogen) atoms. The Morgan fingerprint density at radius 2 is 1.37 bits per heavy atom. The summed E-state index contributed by atoms with van der Waals surface area (Å²) in [7, 11) is 0. The summed E-state index contributed by atoms with van der Waals surface area (Å²) in [5, 5.41) is 17.6. The molecule has 0 unspecified atom stereocenters. The Hall–Kier alpha value is -4.97. The summed E-state index contributed by atoms with van der Waals surface area (Å²) in [6, 6.07) is 40.8. The van der Waals surface area contributed by atoms with Gasteiger partial charge in [-0.3, -0.25) is 0 Å². The van der Waals surface area contributed by atoms with Gasteiger partial charge < -0.3 is 9.88 Å². The highest BCUT2D eigenvalue weighted by atomic mass is 15.5. The third-order valence-electron chi connectivity index (χ3n) is 6.76. The van der Waals surface area contributed by atoms with Crippen LogP contribution in [0.3, 0.4) is 0 Å². The molecule has 6 nitrogen and oxygen atoms in total. The maximum atomic E-state index is 4.03. The molecule has 0 amide bonds. The van der Waals surface area contributed by atoms with Gasteiger partial charge >= 0.3 is 0 Å². The highest BCUT2D eigenvalue weighted by Crippen LogP contribution is 2.42. The first-order valence-electron chi connectivity index (χ1n) is 12.8. The van der Waals surface area contributed by atoms with Crippen molar-refractivity contribution in [2.45, 2.75) is 20.0 Å². The monoisotopic (exact) mass is 496 g/mol. The summed E-state index contributed by atoms with van der Waals surface area (Å²) in [5.41, 5.74) is 10.6. The van der Waals surface area contributed by atoms with E-state index in [9.17, 15) is 0 Å². The van der Waals surface area contributed by atoms with Gasteiger partial charge in [-0.05, 0) is 47.4 Å². The fourth-order valence-corrected chi connectivity index (χ4v) is 5.04. The zero-order valence-electron chi connectivity index (χ0n) is 21.2. The van der Waals surface area contributed by atoms with Crippen LogP contribution in [0.5, 0.6) is 0 Å². The number of aromatic nitrogens is 5. The number of anilines is 1. The number of aromatic amines is 1. The zero-order valence-corrected chi connectivity index (χ0v) is 21.2. The summed E-state index contributed by atoms with van der Waals surface area (Å²) in [5.74, 6) is 0.624. The summed E-state index contributed by atoms with van der Waals surface area (Å²) in [4.78, 5) is 0. The number of H-pyrrole nitrogens is 1. The molecule has 6 heteroatoms. The second-order valence-corrected chi connectivity index (χ2v) is 9.08. The number of hydrogen-bond acceptors (Lipinski definition) is 4. The normalized spacial score (nSPS) is 11.0. The Morgan fingerprint density at radius 3 is 2.08 bits per heavy atom. The molecule has 6 rings (SSSR count). The topological polar surface area (TPSA) is 71.4 Å². The fourth-order valence-electron chi connectivity index (χ4n) is 5.04. The van der Waals surface area contributed by atoms with Crippen LogP contribution >= 0.6 is 0 Å². The van der Waals surface area contributed by atoms with Crippen LogP contribution in [-0.4, -0.2) is 25.2 Å². The van der Waals surface area contributed by atoms with Crippen molar-refractivity contribution in [3.63, 3.8) is 0 Å². The number of benzene rings is 4. The smallest absolute Gasteiger partial charge is 0.193 e. The molecular formula is C32H28N6. The summed E-state index contributed by atoms with van der Waals surface area (Å²) in [6.45, 7) is 3.57. The lowest BCUT2D eigenvalue weighted by Crippen LogP contribution is -2.02. The lowest BCUT2D eigenvalue weighted by atomic mass is 9.96. The summed E-state index contributed by atoms with van der Waals surface area (Å²) >= 11 is 0. The van der Waals surface area contributed by atoms with E-state index in [1.165, 1.54) is 39.2 Å². The number of tetrazole rings is 1. The molecule has 0 bridgehead atoms. The highest BCUT2D eigenvalue weighted by Gasteiger charge is 2.20. The predicted molar refractivity (Wildman–Crippen MR) is 153 cm³/mol. The van der Waals surface area contributed by atoms with Gasteiger partial charge in [-0.2, -0.15) is 5.21 Å². The van der Waals surface area contributed by atoms with Crippen molar-refractivity contribution in [2.24, 2.45) is 0 Å². The largest absolute Gasteiger partial charge is 0.378 e. The number of nitrogens with one attached hydrogen (secondary N) is 2. The molecule has 0 saturated carbocycles. The van der Waals surface area contributed by atoms with E-state index in [0.717, 1.165) is 17.8 Å². The number of hydrogen-bond donors (Lipinski definition) is 2. The van der Waals surface area contributed by atoms with E-state index in [1.807, 2.05) is 0 Å². The van der Waals surface area contributed by atoms with Crippen LogP contribution in [-0.2, 0) is 13.1 Å². The predicted octanol–water partition coefficient (Wildman–Crippen LogP) is 7.30. The average Bonchev–Trinajstić information content (AvgIpc) is 3.65. The van der Waals surface area contributed by atoms with Crippen molar-refractivity contribution in [1.82, 2.24) is 25.2 Å². The maximum Gasteiger partial charge on any atom is 0.193 e. The molecule has 0 aliphatic rings. The molecule has 2 aromatic heterocycles. The van der Waals surface area contributed by atoms with Gasteiger partial charge in [0.1, 0.15) is 0 Å². The molecule has 0 spiro atoms. The molecule has 0 saturated heterocycles. The molecule has 0 radical (unpaired) electrons. The minimum absolute atomic E-state index is 0.501. The van der Waals surface area contributed by atoms with E-state index in [2.05, 4.69) is 153 Å². The van der Waals surface area contributed by atoms with Crippen molar-refractivity contribution in [1.29, 1.82) is 0 Å². The molecule has 0 aliphatic carbocycles. The molecule has 2 N–H and O–H groups in total. The SMILES string of the molecule is CCn1c(-c2ccccc2-c2cccc(NCc3nn[nH]n3)c2)cc(-c2ccccc2)c1-c1ccccc1.